The van der Waals surface area contributed by atoms with Gasteiger partial charge in [-0.1, -0.05) is 5.21 Å². The molecule has 5 heteroatoms. The van der Waals surface area contributed by atoms with Gasteiger partial charge in [-0.05, 0) is 0 Å². The lowest BCUT2D eigenvalue weighted by Crippen LogP contribution is -1.85. The fraction of sp³-hybridized carbons (Fsp3) is 0. The Morgan fingerprint density at radius 3 is 3.27 bits per heavy atom. The van der Waals surface area contributed by atoms with Crippen molar-refractivity contribution in [3.05, 3.63) is 24.3 Å². The third-order valence-electron chi connectivity index (χ3n) is 1.33. The van der Waals surface area contributed by atoms with E-state index < -0.39 is 0 Å². The molecule has 5 nitrogen and oxygen atoms in total. The van der Waals surface area contributed by atoms with Crippen molar-refractivity contribution >= 4 is 5.52 Å². The van der Waals surface area contributed by atoms with Crippen LogP contribution < -0.4 is 0 Å². The lowest BCUT2D eigenvalue weighted by atomic mass is 10.4. The first-order chi connectivity index (χ1) is 5.42. The number of nitriles is 1. The summed E-state index contributed by atoms with van der Waals surface area (Å²) < 4.78 is 1.51. The van der Waals surface area contributed by atoms with E-state index >= 15 is 0 Å². The van der Waals surface area contributed by atoms with Crippen molar-refractivity contribution in [3.63, 3.8) is 0 Å². The molecule has 2 rings (SSSR count). The Kier molecular flexibility index (Phi) is 1.07. The lowest BCUT2D eigenvalue weighted by Gasteiger charge is -1.85. The normalized spacial score (nSPS) is 9.73. The van der Waals surface area contributed by atoms with E-state index in [0.717, 1.165) is 0 Å². The van der Waals surface area contributed by atoms with Gasteiger partial charge in [0.05, 0.1) is 6.20 Å². The van der Waals surface area contributed by atoms with Crippen molar-refractivity contribution in [3.8, 4) is 6.07 Å². The second-order valence-corrected chi connectivity index (χ2v) is 1.96. The fourth-order valence-corrected chi connectivity index (χ4v) is 0.826. The quantitative estimate of drug-likeness (QED) is 0.523. The molecular formula is C6H3N5. The molecule has 0 aliphatic heterocycles. The van der Waals surface area contributed by atoms with Gasteiger partial charge in [0.25, 0.3) is 0 Å². The van der Waals surface area contributed by atoms with Gasteiger partial charge in [0.1, 0.15) is 11.6 Å². The summed E-state index contributed by atoms with van der Waals surface area (Å²) in [5.41, 5.74) is 0.938. The van der Waals surface area contributed by atoms with Crippen LogP contribution in [0, 0.1) is 11.3 Å². The maximum atomic E-state index is 8.53. The number of hydrogen-bond acceptors (Lipinski definition) is 4. The van der Waals surface area contributed by atoms with Crippen LogP contribution in [0.2, 0.25) is 0 Å². The standard InChI is InChI=1S/C6H3N5/c7-3-5-6-4-8-1-2-11(6)10-9-5/h1-2,4H. The zero-order valence-electron chi connectivity index (χ0n) is 5.47. The highest BCUT2D eigenvalue weighted by atomic mass is 15.4. The second kappa shape index (κ2) is 2.02. The number of hydrogen-bond donors (Lipinski definition) is 0. The predicted octanol–water partition coefficient (Wildman–Crippen LogP) is -0.00402. The van der Waals surface area contributed by atoms with E-state index in [2.05, 4.69) is 15.3 Å². The van der Waals surface area contributed by atoms with Crippen LogP contribution in [0.4, 0.5) is 0 Å². The van der Waals surface area contributed by atoms with Gasteiger partial charge in [0, 0.05) is 12.4 Å². The van der Waals surface area contributed by atoms with Gasteiger partial charge in [-0.15, -0.1) is 5.10 Å². The Bertz CT molecular complexity index is 424. The van der Waals surface area contributed by atoms with Crippen molar-refractivity contribution in [1.82, 2.24) is 19.8 Å². The minimum Gasteiger partial charge on any atom is -0.261 e. The van der Waals surface area contributed by atoms with Crippen molar-refractivity contribution < 1.29 is 0 Å². The molecule has 11 heavy (non-hydrogen) atoms. The molecule has 2 aromatic rings. The van der Waals surface area contributed by atoms with Crippen LogP contribution in [0.3, 0.4) is 0 Å². The minimum atomic E-state index is 0.304. The highest BCUT2D eigenvalue weighted by Gasteiger charge is 2.02. The van der Waals surface area contributed by atoms with E-state index in [1.807, 2.05) is 6.07 Å². The van der Waals surface area contributed by atoms with Crippen molar-refractivity contribution in [2.24, 2.45) is 0 Å². The van der Waals surface area contributed by atoms with Crippen LogP contribution in [0.25, 0.3) is 5.52 Å². The van der Waals surface area contributed by atoms with Crippen LogP contribution in [0.15, 0.2) is 18.6 Å². The summed E-state index contributed by atoms with van der Waals surface area (Å²) in [4.78, 5) is 3.84. The largest absolute Gasteiger partial charge is 0.261 e. The van der Waals surface area contributed by atoms with Crippen LogP contribution >= 0.6 is 0 Å². The summed E-state index contributed by atoms with van der Waals surface area (Å²) in [6.07, 6.45) is 4.78. The summed E-state index contributed by atoms with van der Waals surface area (Å²) in [5, 5.41) is 15.9. The Hall–Kier alpha value is -1.96. The molecule has 0 fully saturated rings. The zero-order valence-corrected chi connectivity index (χ0v) is 5.47. The lowest BCUT2D eigenvalue weighted by molar-refractivity contribution is 0.847. The molecule has 0 aliphatic carbocycles. The molecule has 0 radical (unpaired) electrons. The predicted molar refractivity (Wildman–Crippen MR) is 35.5 cm³/mol. The first-order valence-corrected chi connectivity index (χ1v) is 2.97. The molecule has 0 bridgehead atoms. The first kappa shape index (κ1) is 5.80. The highest BCUT2D eigenvalue weighted by molar-refractivity contribution is 5.54. The fourth-order valence-electron chi connectivity index (χ4n) is 0.826. The molecule has 0 amide bonds. The van der Waals surface area contributed by atoms with Gasteiger partial charge in [0.2, 0.25) is 0 Å². The first-order valence-electron chi connectivity index (χ1n) is 2.97. The van der Waals surface area contributed by atoms with E-state index in [9.17, 15) is 0 Å². The summed E-state index contributed by atoms with van der Waals surface area (Å²) in [6.45, 7) is 0. The maximum Gasteiger partial charge on any atom is 0.192 e. The summed E-state index contributed by atoms with van der Waals surface area (Å²) >= 11 is 0. The molecule has 2 heterocycles. The monoisotopic (exact) mass is 145 g/mol. The molecule has 0 aromatic carbocycles. The molecule has 52 valence electrons. The Labute approximate surface area is 61.9 Å². The van der Waals surface area contributed by atoms with Crippen molar-refractivity contribution in [2.75, 3.05) is 0 Å². The van der Waals surface area contributed by atoms with Crippen LogP contribution in [0.1, 0.15) is 5.69 Å². The molecule has 0 N–H and O–H groups in total. The second-order valence-electron chi connectivity index (χ2n) is 1.96. The molecule has 0 saturated carbocycles. The third-order valence-corrected chi connectivity index (χ3v) is 1.33. The van der Waals surface area contributed by atoms with Gasteiger partial charge in [-0.3, -0.25) is 4.98 Å². The van der Waals surface area contributed by atoms with Crippen LogP contribution in [-0.4, -0.2) is 19.8 Å². The zero-order chi connectivity index (χ0) is 7.68. The molecule has 0 spiro atoms. The Morgan fingerprint density at radius 1 is 1.55 bits per heavy atom. The summed E-state index contributed by atoms with van der Waals surface area (Å²) in [6, 6.07) is 1.92. The number of aromatic nitrogens is 4. The average molecular weight is 145 g/mol. The Balaban J connectivity index is 2.89. The van der Waals surface area contributed by atoms with Crippen LogP contribution in [-0.2, 0) is 0 Å². The van der Waals surface area contributed by atoms with Gasteiger partial charge >= 0.3 is 0 Å². The minimum absolute atomic E-state index is 0.304. The molecule has 0 aliphatic rings. The highest BCUT2D eigenvalue weighted by Crippen LogP contribution is 2.01. The van der Waals surface area contributed by atoms with E-state index in [1.54, 1.807) is 18.6 Å². The number of fused-ring (bicyclic) bond motifs is 1. The Morgan fingerprint density at radius 2 is 2.45 bits per heavy atom. The van der Waals surface area contributed by atoms with E-state index in [1.165, 1.54) is 4.52 Å². The van der Waals surface area contributed by atoms with E-state index in [0.29, 0.717) is 11.2 Å². The van der Waals surface area contributed by atoms with E-state index in [-0.39, 0.29) is 0 Å². The van der Waals surface area contributed by atoms with Gasteiger partial charge in [-0.25, -0.2) is 4.52 Å². The SMILES string of the molecule is N#Cc1nnn2ccncc12. The smallest absolute Gasteiger partial charge is 0.192 e. The molecular weight excluding hydrogens is 142 g/mol. The maximum absolute atomic E-state index is 8.53. The summed E-state index contributed by atoms with van der Waals surface area (Å²) in [7, 11) is 0. The molecule has 2 aromatic heterocycles. The summed E-state index contributed by atoms with van der Waals surface area (Å²) in [5.74, 6) is 0. The van der Waals surface area contributed by atoms with Gasteiger partial charge in [0.15, 0.2) is 5.69 Å². The van der Waals surface area contributed by atoms with Crippen LogP contribution in [0.5, 0.6) is 0 Å². The van der Waals surface area contributed by atoms with Crippen molar-refractivity contribution in [1.29, 1.82) is 5.26 Å². The number of nitrogens with zero attached hydrogens (tertiary/aromatic N) is 5. The molecule has 0 unspecified atom stereocenters. The average Bonchev–Trinajstić information content (AvgIpc) is 2.47. The third kappa shape index (κ3) is 0.730. The molecule has 0 atom stereocenters. The van der Waals surface area contributed by atoms with Gasteiger partial charge in [-0.2, -0.15) is 5.26 Å². The van der Waals surface area contributed by atoms with Crippen molar-refractivity contribution in [2.45, 2.75) is 0 Å². The molecule has 0 saturated heterocycles. The topological polar surface area (TPSA) is 66.9 Å². The van der Waals surface area contributed by atoms with Gasteiger partial charge < -0.3 is 0 Å². The van der Waals surface area contributed by atoms with E-state index in [4.69, 9.17) is 5.26 Å². The number of rotatable bonds is 0.